The molecule has 0 aliphatic carbocycles. The smallest absolute Gasteiger partial charge is 0.150 e. The lowest BCUT2D eigenvalue weighted by Crippen LogP contribution is -2.40. The Bertz CT molecular complexity index is 321. The fourth-order valence-electron chi connectivity index (χ4n) is 1.93. The zero-order chi connectivity index (χ0) is 10.0. The van der Waals surface area contributed by atoms with Crippen LogP contribution in [0.15, 0.2) is 4.99 Å². The lowest BCUT2D eigenvalue weighted by atomic mass is 10.1. The summed E-state index contributed by atoms with van der Waals surface area (Å²) in [5, 5.41) is 3.34. The molecule has 0 aromatic carbocycles. The average molecular weight is 216 g/mol. The van der Waals surface area contributed by atoms with Gasteiger partial charge in [-0.2, -0.15) is 0 Å². The maximum atomic E-state index is 11.2. The molecule has 1 fully saturated rings. The van der Waals surface area contributed by atoms with Crippen LogP contribution in [0.3, 0.4) is 0 Å². The third-order valence-electron chi connectivity index (χ3n) is 2.80. The van der Waals surface area contributed by atoms with E-state index in [9.17, 15) is 8.42 Å². The molecular formula is C9H16N2O2S. The second kappa shape index (κ2) is 3.88. The number of hydrogen-bond acceptors (Lipinski definition) is 4. The Morgan fingerprint density at radius 3 is 2.57 bits per heavy atom. The van der Waals surface area contributed by atoms with Crippen LogP contribution in [-0.2, 0) is 9.84 Å². The molecule has 0 aromatic heterocycles. The second-order valence-electron chi connectivity index (χ2n) is 4.00. The Morgan fingerprint density at radius 2 is 2.00 bits per heavy atom. The molecule has 2 rings (SSSR count). The molecule has 14 heavy (non-hydrogen) atoms. The summed E-state index contributed by atoms with van der Waals surface area (Å²) in [5.74, 6) is 1.74. The van der Waals surface area contributed by atoms with E-state index in [1.54, 1.807) is 0 Å². The fraction of sp³-hybridized carbons (Fsp3) is 0.889. The van der Waals surface area contributed by atoms with Crippen molar-refractivity contribution in [3.8, 4) is 0 Å². The van der Waals surface area contributed by atoms with Gasteiger partial charge >= 0.3 is 0 Å². The fourth-order valence-corrected chi connectivity index (χ4v) is 3.42. The third-order valence-corrected chi connectivity index (χ3v) is 4.52. The zero-order valence-electron chi connectivity index (χ0n) is 8.20. The van der Waals surface area contributed by atoms with Gasteiger partial charge in [0, 0.05) is 19.0 Å². The number of nitrogens with one attached hydrogen (secondary N) is 1. The minimum Gasteiger partial charge on any atom is -0.371 e. The van der Waals surface area contributed by atoms with Crippen LogP contribution in [0.2, 0.25) is 0 Å². The largest absolute Gasteiger partial charge is 0.371 e. The van der Waals surface area contributed by atoms with E-state index in [0.29, 0.717) is 17.5 Å². The highest BCUT2D eigenvalue weighted by Crippen LogP contribution is 2.13. The number of rotatable bonds is 1. The van der Waals surface area contributed by atoms with Crippen molar-refractivity contribution >= 4 is 15.7 Å². The SMILES string of the molecule is O=S1(=O)CCC(NC2=NCCC2)CC1. The Hall–Kier alpha value is -0.580. The Labute approximate surface area is 84.7 Å². The van der Waals surface area contributed by atoms with Crippen molar-refractivity contribution in [3.05, 3.63) is 0 Å². The molecule has 4 nitrogen and oxygen atoms in total. The molecular weight excluding hydrogens is 200 g/mol. The molecule has 0 bridgehead atoms. The highest BCUT2D eigenvalue weighted by Gasteiger charge is 2.24. The molecule has 0 unspecified atom stereocenters. The van der Waals surface area contributed by atoms with Gasteiger partial charge in [-0.15, -0.1) is 0 Å². The van der Waals surface area contributed by atoms with E-state index in [2.05, 4.69) is 10.3 Å². The van der Waals surface area contributed by atoms with Gasteiger partial charge in [-0.05, 0) is 19.3 Å². The van der Waals surface area contributed by atoms with E-state index in [4.69, 9.17) is 0 Å². The van der Waals surface area contributed by atoms with Gasteiger partial charge in [0.15, 0.2) is 0 Å². The van der Waals surface area contributed by atoms with E-state index in [-0.39, 0.29) is 0 Å². The summed E-state index contributed by atoms with van der Waals surface area (Å²) in [5.41, 5.74) is 0. The van der Waals surface area contributed by atoms with Gasteiger partial charge < -0.3 is 5.32 Å². The molecule has 0 saturated carbocycles. The Morgan fingerprint density at radius 1 is 1.29 bits per heavy atom. The standard InChI is InChI=1S/C9H16N2O2S/c12-14(13)6-3-8(4-7-14)11-9-2-1-5-10-9/h8H,1-7H2,(H,10,11). The highest BCUT2D eigenvalue weighted by molar-refractivity contribution is 7.91. The van der Waals surface area contributed by atoms with Crippen molar-refractivity contribution in [3.63, 3.8) is 0 Å². The van der Waals surface area contributed by atoms with Crippen molar-refractivity contribution in [2.75, 3.05) is 18.1 Å². The van der Waals surface area contributed by atoms with Gasteiger partial charge in [0.1, 0.15) is 9.84 Å². The van der Waals surface area contributed by atoms with Crippen LogP contribution in [-0.4, -0.2) is 38.3 Å². The summed E-state index contributed by atoms with van der Waals surface area (Å²) in [4.78, 5) is 4.32. The van der Waals surface area contributed by atoms with Crippen molar-refractivity contribution in [2.24, 2.45) is 4.99 Å². The van der Waals surface area contributed by atoms with Gasteiger partial charge in [0.25, 0.3) is 0 Å². The number of sulfone groups is 1. The van der Waals surface area contributed by atoms with Gasteiger partial charge in [0.2, 0.25) is 0 Å². The van der Waals surface area contributed by atoms with Crippen molar-refractivity contribution in [1.29, 1.82) is 0 Å². The first-order valence-electron chi connectivity index (χ1n) is 5.16. The predicted octanol–water partition coefficient (Wildman–Crippen LogP) is 0.345. The molecule has 0 aromatic rings. The minimum absolute atomic E-state index is 0.329. The van der Waals surface area contributed by atoms with E-state index < -0.39 is 9.84 Å². The number of nitrogens with zero attached hydrogens (tertiary/aromatic N) is 1. The number of hydrogen-bond donors (Lipinski definition) is 1. The minimum atomic E-state index is -2.73. The van der Waals surface area contributed by atoms with Crippen LogP contribution in [0.1, 0.15) is 25.7 Å². The first kappa shape index (κ1) is 9.96. The van der Waals surface area contributed by atoms with Crippen LogP contribution >= 0.6 is 0 Å². The summed E-state index contributed by atoms with van der Waals surface area (Å²) in [7, 11) is -2.73. The van der Waals surface area contributed by atoms with E-state index in [0.717, 1.165) is 38.1 Å². The molecule has 1 saturated heterocycles. The molecule has 2 heterocycles. The molecule has 0 amide bonds. The second-order valence-corrected chi connectivity index (χ2v) is 6.31. The van der Waals surface area contributed by atoms with Crippen LogP contribution in [0.5, 0.6) is 0 Å². The molecule has 0 spiro atoms. The summed E-state index contributed by atoms with van der Waals surface area (Å²) in [6.07, 6.45) is 3.64. The van der Waals surface area contributed by atoms with Crippen LogP contribution in [0.25, 0.3) is 0 Å². The van der Waals surface area contributed by atoms with E-state index in [1.807, 2.05) is 0 Å². The summed E-state index contributed by atoms with van der Waals surface area (Å²) in [6, 6.07) is 0.329. The molecule has 5 heteroatoms. The van der Waals surface area contributed by atoms with Gasteiger partial charge in [-0.25, -0.2) is 8.42 Å². The van der Waals surface area contributed by atoms with Gasteiger partial charge in [-0.3, -0.25) is 4.99 Å². The lowest BCUT2D eigenvalue weighted by molar-refractivity contribution is 0.519. The van der Waals surface area contributed by atoms with E-state index in [1.165, 1.54) is 0 Å². The lowest BCUT2D eigenvalue weighted by Gasteiger charge is -2.23. The maximum Gasteiger partial charge on any atom is 0.150 e. The number of amidine groups is 1. The van der Waals surface area contributed by atoms with Gasteiger partial charge in [-0.1, -0.05) is 0 Å². The highest BCUT2D eigenvalue weighted by atomic mass is 32.2. The normalized spacial score (nSPS) is 27.3. The van der Waals surface area contributed by atoms with Crippen LogP contribution in [0.4, 0.5) is 0 Å². The molecule has 1 N–H and O–H groups in total. The van der Waals surface area contributed by atoms with Crippen molar-refractivity contribution < 1.29 is 8.42 Å². The maximum absolute atomic E-state index is 11.2. The number of aliphatic imine (C=N–C) groups is 1. The van der Waals surface area contributed by atoms with E-state index >= 15 is 0 Å². The monoisotopic (exact) mass is 216 g/mol. The average Bonchev–Trinajstić information content (AvgIpc) is 2.61. The summed E-state index contributed by atoms with van der Waals surface area (Å²) >= 11 is 0. The summed E-state index contributed by atoms with van der Waals surface area (Å²) in [6.45, 7) is 0.924. The Kier molecular flexibility index (Phi) is 2.76. The molecule has 0 atom stereocenters. The quantitative estimate of drug-likeness (QED) is 0.688. The van der Waals surface area contributed by atoms with Crippen LogP contribution in [0, 0.1) is 0 Å². The first-order chi connectivity index (χ1) is 6.66. The Balaban J connectivity index is 1.84. The van der Waals surface area contributed by atoms with Gasteiger partial charge in [0.05, 0.1) is 17.3 Å². The van der Waals surface area contributed by atoms with Crippen molar-refractivity contribution in [1.82, 2.24) is 5.32 Å². The third kappa shape index (κ3) is 2.47. The molecule has 2 aliphatic rings. The van der Waals surface area contributed by atoms with Crippen molar-refractivity contribution in [2.45, 2.75) is 31.7 Å². The summed E-state index contributed by atoms with van der Waals surface area (Å²) < 4.78 is 22.4. The first-order valence-corrected chi connectivity index (χ1v) is 6.98. The zero-order valence-corrected chi connectivity index (χ0v) is 9.02. The molecule has 0 radical (unpaired) electrons. The molecule has 80 valence electrons. The van der Waals surface area contributed by atoms with Crippen LogP contribution < -0.4 is 5.32 Å². The topological polar surface area (TPSA) is 58.5 Å². The molecule has 2 aliphatic heterocycles. The predicted molar refractivity (Wildman–Crippen MR) is 56.3 cm³/mol.